The first kappa shape index (κ1) is 16.4. The summed E-state index contributed by atoms with van der Waals surface area (Å²) in [7, 11) is 0. The van der Waals surface area contributed by atoms with Crippen molar-refractivity contribution < 1.29 is 9.53 Å². The molecular weight excluding hydrogens is 296 g/mol. The van der Waals surface area contributed by atoms with Gasteiger partial charge in [-0.25, -0.2) is 0 Å². The first-order chi connectivity index (χ1) is 10.7. The van der Waals surface area contributed by atoms with E-state index in [4.69, 9.17) is 10.5 Å². The summed E-state index contributed by atoms with van der Waals surface area (Å²) in [6, 6.07) is 16.3. The normalized spacial score (nSPS) is 11.7. The zero-order valence-electron chi connectivity index (χ0n) is 12.5. The summed E-state index contributed by atoms with van der Waals surface area (Å²) < 4.78 is 5.70. The van der Waals surface area contributed by atoms with Crippen LogP contribution in [0, 0.1) is 0 Å². The van der Waals surface area contributed by atoms with Crippen molar-refractivity contribution in [3.8, 4) is 11.5 Å². The van der Waals surface area contributed by atoms with Crippen molar-refractivity contribution in [1.82, 2.24) is 0 Å². The van der Waals surface area contributed by atoms with Crippen molar-refractivity contribution in [3.63, 3.8) is 0 Å². The number of benzene rings is 2. The maximum Gasteiger partial charge on any atom is 0.241 e. The molecule has 3 N–H and O–H groups in total. The van der Waals surface area contributed by atoms with Crippen LogP contribution >= 0.6 is 11.8 Å². The molecule has 0 fully saturated rings. The summed E-state index contributed by atoms with van der Waals surface area (Å²) in [5.41, 5.74) is 6.55. The Labute approximate surface area is 135 Å². The molecule has 1 amide bonds. The van der Waals surface area contributed by atoms with E-state index in [1.807, 2.05) is 48.7 Å². The lowest BCUT2D eigenvalue weighted by atomic mass is 10.2. The fourth-order valence-corrected chi connectivity index (χ4v) is 2.33. The fraction of sp³-hybridized carbons (Fsp3) is 0.235. The smallest absolute Gasteiger partial charge is 0.241 e. The molecule has 0 aromatic heterocycles. The van der Waals surface area contributed by atoms with Gasteiger partial charge in [0.15, 0.2) is 0 Å². The summed E-state index contributed by atoms with van der Waals surface area (Å²) in [6.07, 6.45) is 2.66. The van der Waals surface area contributed by atoms with Gasteiger partial charge in [0.25, 0.3) is 0 Å². The van der Waals surface area contributed by atoms with Crippen molar-refractivity contribution in [3.05, 3.63) is 54.6 Å². The molecule has 0 spiro atoms. The number of hydrogen-bond donors (Lipinski definition) is 2. The average Bonchev–Trinajstić information content (AvgIpc) is 2.55. The van der Waals surface area contributed by atoms with E-state index in [0.29, 0.717) is 12.1 Å². The maximum atomic E-state index is 11.9. The molecule has 5 heteroatoms. The van der Waals surface area contributed by atoms with Crippen molar-refractivity contribution in [2.45, 2.75) is 12.5 Å². The molecule has 0 radical (unpaired) electrons. The minimum Gasteiger partial charge on any atom is -0.457 e. The van der Waals surface area contributed by atoms with Crippen LogP contribution in [0.4, 0.5) is 5.69 Å². The zero-order chi connectivity index (χ0) is 15.8. The fourth-order valence-electron chi connectivity index (χ4n) is 1.84. The third-order valence-electron chi connectivity index (χ3n) is 3.07. The van der Waals surface area contributed by atoms with Crippen LogP contribution in [0.3, 0.4) is 0 Å². The molecule has 4 nitrogen and oxygen atoms in total. The summed E-state index contributed by atoms with van der Waals surface area (Å²) >= 11 is 1.68. The van der Waals surface area contributed by atoms with Gasteiger partial charge >= 0.3 is 0 Å². The van der Waals surface area contributed by atoms with Crippen LogP contribution < -0.4 is 15.8 Å². The lowest BCUT2D eigenvalue weighted by Crippen LogP contribution is -2.36. The second-order valence-electron chi connectivity index (χ2n) is 4.82. The van der Waals surface area contributed by atoms with Gasteiger partial charge in [-0.3, -0.25) is 4.79 Å². The zero-order valence-corrected chi connectivity index (χ0v) is 13.3. The molecule has 0 unspecified atom stereocenters. The number of hydrogen-bond acceptors (Lipinski definition) is 4. The van der Waals surface area contributed by atoms with Crippen molar-refractivity contribution in [1.29, 1.82) is 0 Å². The van der Waals surface area contributed by atoms with Gasteiger partial charge in [0.2, 0.25) is 5.91 Å². The molecule has 2 aromatic carbocycles. The highest BCUT2D eigenvalue weighted by molar-refractivity contribution is 7.98. The largest absolute Gasteiger partial charge is 0.457 e. The Morgan fingerprint density at radius 3 is 2.41 bits per heavy atom. The van der Waals surface area contributed by atoms with Gasteiger partial charge in [0, 0.05) is 5.69 Å². The summed E-state index contributed by atoms with van der Waals surface area (Å²) in [6.45, 7) is 0. The monoisotopic (exact) mass is 316 g/mol. The number of anilines is 1. The quantitative estimate of drug-likeness (QED) is 0.820. The standard InChI is InChI=1S/C17H20N2O2S/c1-22-12-11-16(18)17(20)19-13-7-9-15(10-8-13)21-14-5-3-2-4-6-14/h2-10,16H,11-12,18H2,1H3,(H,19,20)/t16-/m0/s1. The Bertz CT molecular complexity index is 587. The molecule has 22 heavy (non-hydrogen) atoms. The molecule has 0 saturated carbocycles. The summed E-state index contributed by atoms with van der Waals surface area (Å²) in [4.78, 5) is 11.9. The van der Waals surface area contributed by atoms with E-state index in [9.17, 15) is 4.79 Å². The van der Waals surface area contributed by atoms with E-state index < -0.39 is 6.04 Å². The van der Waals surface area contributed by atoms with Crippen LogP contribution in [-0.4, -0.2) is 24.0 Å². The Balaban J connectivity index is 1.90. The number of carbonyl (C=O) groups is 1. The van der Waals surface area contributed by atoms with Crippen LogP contribution in [0.25, 0.3) is 0 Å². The van der Waals surface area contributed by atoms with Crippen molar-refractivity contribution >= 4 is 23.4 Å². The van der Waals surface area contributed by atoms with Gasteiger partial charge in [-0.05, 0) is 54.8 Å². The number of nitrogens with one attached hydrogen (secondary N) is 1. The minimum atomic E-state index is -0.479. The molecule has 1 atom stereocenters. The predicted molar refractivity (Wildman–Crippen MR) is 92.6 cm³/mol. The molecular formula is C17H20N2O2S. The van der Waals surface area contributed by atoms with Crippen molar-refractivity contribution in [2.75, 3.05) is 17.3 Å². The third-order valence-corrected chi connectivity index (χ3v) is 3.71. The molecule has 0 aliphatic carbocycles. The van der Waals surface area contributed by atoms with E-state index in [1.165, 1.54) is 0 Å². The Morgan fingerprint density at radius 2 is 1.77 bits per heavy atom. The van der Waals surface area contributed by atoms with Crippen molar-refractivity contribution in [2.24, 2.45) is 5.73 Å². The molecule has 116 valence electrons. The number of thioether (sulfide) groups is 1. The highest BCUT2D eigenvalue weighted by Gasteiger charge is 2.12. The number of nitrogens with two attached hydrogens (primary N) is 1. The predicted octanol–water partition coefficient (Wildman–Crippen LogP) is 3.50. The van der Waals surface area contributed by atoms with Crippen LogP contribution in [0.2, 0.25) is 0 Å². The van der Waals surface area contributed by atoms with Crippen LogP contribution in [0.15, 0.2) is 54.6 Å². The minimum absolute atomic E-state index is 0.161. The van der Waals surface area contributed by atoms with E-state index in [1.54, 1.807) is 23.9 Å². The Morgan fingerprint density at radius 1 is 1.14 bits per heavy atom. The van der Waals surface area contributed by atoms with E-state index in [-0.39, 0.29) is 5.91 Å². The average molecular weight is 316 g/mol. The maximum absolute atomic E-state index is 11.9. The lowest BCUT2D eigenvalue weighted by Gasteiger charge is -2.12. The first-order valence-electron chi connectivity index (χ1n) is 7.07. The first-order valence-corrected chi connectivity index (χ1v) is 8.47. The van der Waals surface area contributed by atoms with Crippen LogP contribution in [-0.2, 0) is 4.79 Å². The number of rotatable bonds is 7. The number of ether oxygens (including phenoxy) is 1. The molecule has 0 aliphatic rings. The van der Waals surface area contributed by atoms with Gasteiger partial charge in [-0.1, -0.05) is 18.2 Å². The number of para-hydroxylation sites is 1. The van der Waals surface area contributed by atoms with Gasteiger partial charge < -0.3 is 15.8 Å². The van der Waals surface area contributed by atoms with Gasteiger partial charge in [-0.15, -0.1) is 0 Å². The van der Waals surface area contributed by atoms with Gasteiger partial charge in [-0.2, -0.15) is 11.8 Å². The second kappa shape index (κ2) is 8.46. The molecule has 0 aliphatic heterocycles. The van der Waals surface area contributed by atoms with E-state index in [2.05, 4.69) is 5.32 Å². The van der Waals surface area contributed by atoms with Crippen LogP contribution in [0.5, 0.6) is 11.5 Å². The second-order valence-corrected chi connectivity index (χ2v) is 5.80. The number of amides is 1. The summed E-state index contributed by atoms with van der Waals surface area (Å²) in [5.74, 6) is 2.21. The molecule has 0 bridgehead atoms. The SMILES string of the molecule is CSCC[C@H](N)C(=O)Nc1ccc(Oc2ccccc2)cc1. The lowest BCUT2D eigenvalue weighted by molar-refractivity contribution is -0.117. The number of carbonyl (C=O) groups excluding carboxylic acids is 1. The highest BCUT2D eigenvalue weighted by Crippen LogP contribution is 2.22. The highest BCUT2D eigenvalue weighted by atomic mass is 32.2. The van der Waals surface area contributed by atoms with E-state index >= 15 is 0 Å². The topological polar surface area (TPSA) is 64.4 Å². The third kappa shape index (κ3) is 5.09. The summed E-state index contributed by atoms with van der Waals surface area (Å²) in [5, 5.41) is 2.81. The van der Waals surface area contributed by atoms with E-state index in [0.717, 1.165) is 17.3 Å². The molecule has 2 rings (SSSR count). The molecule has 0 heterocycles. The van der Waals surface area contributed by atoms with Gasteiger partial charge in [0.05, 0.1) is 6.04 Å². The van der Waals surface area contributed by atoms with Crippen LogP contribution in [0.1, 0.15) is 6.42 Å². The Kier molecular flexibility index (Phi) is 6.30. The van der Waals surface area contributed by atoms with Gasteiger partial charge in [0.1, 0.15) is 11.5 Å². The molecule has 2 aromatic rings. The molecule has 0 saturated heterocycles. The Hall–Kier alpha value is -1.98.